The Balaban J connectivity index is 0.673. The lowest BCUT2D eigenvalue weighted by Gasteiger charge is -2.45. The molecule has 740 valence electrons. The number of rotatable bonds is 12. The Kier molecular flexibility index (Phi) is 22.3. The van der Waals surface area contributed by atoms with Gasteiger partial charge in [-0.15, -0.1) is 0 Å². The molecule has 2 aromatic heterocycles. The zero-order valence-corrected chi connectivity index (χ0v) is 94.5. The maximum absolute atomic E-state index is 8.23. The van der Waals surface area contributed by atoms with Gasteiger partial charge in [-0.1, -0.05) is 398 Å². The molecular formula is C137H146B2N4O2Si2. The third-order valence-electron chi connectivity index (χ3n) is 35.0. The smallest absolute Gasteiger partial charge is 0.297 e. The van der Waals surface area contributed by atoms with Gasteiger partial charge in [-0.2, -0.15) is 0 Å². The van der Waals surface area contributed by atoms with E-state index in [1.54, 1.807) is 0 Å². The fourth-order valence-electron chi connectivity index (χ4n) is 25.8. The minimum absolute atomic E-state index is 0.00243. The van der Waals surface area contributed by atoms with Crippen LogP contribution in [0.15, 0.2) is 318 Å². The van der Waals surface area contributed by atoms with Crippen molar-refractivity contribution in [1.82, 2.24) is 0 Å². The molecule has 2 aliphatic carbocycles. The Hall–Kier alpha value is -12.9. The lowest BCUT2D eigenvalue weighted by molar-refractivity contribution is 0.332. The molecule has 0 fully saturated rings. The van der Waals surface area contributed by atoms with Gasteiger partial charge in [0, 0.05) is 72.9 Å². The van der Waals surface area contributed by atoms with E-state index in [0.717, 1.165) is 87.6 Å². The van der Waals surface area contributed by atoms with Gasteiger partial charge >= 0.3 is 0 Å². The average molecular weight is 1960 g/mol. The standard InChI is InChI=1S/C137H146B2N4O2Si2/c1-85-73-116-122-117(74-85)141(124-105-81-107-109(135(22,23)70-69-134(107,20)21)83-120(105)144-126(124)138(122)111-77-92(131(11,12)13)54-67-114(111)140(116)96-58-49-89(50-59-96)128(2,3)4)97-56-43-86(44-57-97)87-45-64-102(65-46-87)147(100-38-32-30-33-39-100,101-40-34-31-35-41-101)103-42-36-37-94(75-103)137(26)72-71-136(24,25)108-82-106-121(84-110(108)137)145-127-125(106)142(98-60-51-90(52-61-98)129(5,6)7)118-79-95(133(17,18)19)80-119-123(118)139(127)112-78-93(132(14,15)16)55-68-115(112)143(119)113-66-53-91(130(8,9)10)76-104(113)88-47-62-99(63-48-88)146(27,28)29/h30-68,73-84H,69-72H2,1-29H3. The Bertz CT molecular complexity index is 8130. The lowest BCUT2D eigenvalue weighted by Crippen LogP contribution is -2.74. The van der Waals surface area contributed by atoms with Crippen LogP contribution in [0.3, 0.4) is 0 Å². The summed E-state index contributed by atoms with van der Waals surface area (Å²) in [7, 11) is -4.86. The van der Waals surface area contributed by atoms with Crippen LogP contribution in [0.5, 0.6) is 0 Å². The van der Waals surface area contributed by atoms with Crippen LogP contribution in [0.1, 0.15) is 266 Å². The number of furan rings is 2. The van der Waals surface area contributed by atoms with Crippen LogP contribution in [0, 0.1) is 6.92 Å². The van der Waals surface area contributed by atoms with Crippen molar-refractivity contribution >= 4 is 179 Å². The van der Waals surface area contributed by atoms with Crippen LogP contribution >= 0.6 is 0 Å². The normalized spacial score (nSPS) is 16.7. The molecule has 6 heterocycles. The fraction of sp³-hybridized carbons (Fsp3) is 0.314. The molecule has 1 unspecified atom stereocenters. The second kappa shape index (κ2) is 33.6. The lowest BCUT2D eigenvalue weighted by atomic mass is 9.35. The van der Waals surface area contributed by atoms with Gasteiger partial charge in [-0.05, 0) is 317 Å². The third kappa shape index (κ3) is 15.8. The molecular weight excluding hydrogens is 1810 g/mol. The van der Waals surface area contributed by atoms with Crippen molar-refractivity contribution in [2.24, 2.45) is 0 Å². The first-order valence-corrected chi connectivity index (χ1v) is 59.7. The van der Waals surface area contributed by atoms with E-state index in [1.165, 1.54) is 176 Å². The predicted molar refractivity (Wildman–Crippen MR) is 639 cm³/mol. The summed E-state index contributed by atoms with van der Waals surface area (Å²) in [4.78, 5) is 10.5. The quantitative estimate of drug-likeness (QED) is 0.0897. The first-order valence-electron chi connectivity index (χ1n) is 54.2. The summed E-state index contributed by atoms with van der Waals surface area (Å²) in [6, 6.07) is 123. The van der Waals surface area contributed by atoms with Gasteiger partial charge in [-0.3, -0.25) is 0 Å². The van der Waals surface area contributed by atoms with Gasteiger partial charge in [0.25, 0.3) is 13.4 Å². The molecule has 0 radical (unpaired) electrons. The monoisotopic (exact) mass is 1960 g/mol. The van der Waals surface area contributed by atoms with Crippen LogP contribution in [0.4, 0.5) is 68.2 Å². The van der Waals surface area contributed by atoms with Gasteiger partial charge in [0.15, 0.2) is 8.07 Å². The topological polar surface area (TPSA) is 39.2 Å². The molecule has 0 spiro atoms. The van der Waals surface area contributed by atoms with Crippen molar-refractivity contribution in [2.45, 2.75) is 279 Å². The maximum atomic E-state index is 8.23. The second-order valence-corrected chi connectivity index (χ2v) is 62.5. The second-order valence-electron chi connectivity index (χ2n) is 53.6. The van der Waals surface area contributed by atoms with Crippen molar-refractivity contribution < 1.29 is 8.83 Å². The number of fused-ring (bicyclic) bond motifs is 14. The van der Waals surface area contributed by atoms with E-state index in [0.29, 0.717) is 0 Å². The highest BCUT2D eigenvalue weighted by Gasteiger charge is 2.54. The molecule has 0 saturated heterocycles. The van der Waals surface area contributed by atoms with E-state index >= 15 is 0 Å². The van der Waals surface area contributed by atoms with Gasteiger partial charge in [0.05, 0.1) is 36.5 Å². The molecule has 1 atom stereocenters. The van der Waals surface area contributed by atoms with Gasteiger partial charge in [-0.25, -0.2) is 0 Å². The molecule has 6 nitrogen and oxygen atoms in total. The Morgan fingerprint density at radius 2 is 0.633 bits per heavy atom. The number of hydrogen-bond acceptors (Lipinski definition) is 6. The van der Waals surface area contributed by atoms with Gasteiger partial charge in [0.1, 0.15) is 11.2 Å². The van der Waals surface area contributed by atoms with Crippen LogP contribution in [0.25, 0.3) is 44.2 Å². The maximum Gasteiger partial charge on any atom is 0.297 e. The molecule has 17 aromatic rings. The summed E-state index contributed by atoms with van der Waals surface area (Å²) in [5.41, 5.74) is 42.0. The summed E-state index contributed by atoms with van der Waals surface area (Å²) in [5, 5.41) is 9.13. The number of nitrogens with zero attached hydrogens (tertiary/aromatic N) is 4. The first-order chi connectivity index (χ1) is 69.3. The summed E-state index contributed by atoms with van der Waals surface area (Å²) >= 11 is 0. The van der Waals surface area contributed by atoms with Crippen LogP contribution in [0.2, 0.25) is 19.6 Å². The number of hydrogen-bond donors (Lipinski definition) is 0. The van der Waals surface area contributed by atoms with E-state index in [1.807, 2.05) is 0 Å². The fourth-order valence-corrected chi connectivity index (χ4v) is 31.7. The van der Waals surface area contributed by atoms with Crippen LogP contribution < -0.4 is 78.7 Å². The predicted octanol–water partition coefficient (Wildman–Crippen LogP) is 30.4. The summed E-state index contributed by atoms with van der Waals surface area (Å²) in [5.74, 6) is 0. The number of benzene rings is 15. The van der Waals surface area contributed by atoms with E-state index in [-0.39, 0.29) is 62.2 Å². The van der Waals surface area contributed by atoms with Crippen LogP contribution in [-0.4, -0.2) is 29.6 Å². The van der Waals surface area contributed by atoms with E-state index in [2.05, 4.69) is 529 Å². The minimum Gasteiger partial charge on any atom is -0.468 e. The molecule has 4 aliphatic heterocycles. The number of anilines is 12. The summed E-state index contributed by atoms with van der Waals surface area (Å²) in [6.45, 7) is 68.9. The molecule has 15 aromatic carbocycles. The molecule has 0 N–H and O–H groups in total. The highest BCUT2D eigenvalue weighted by atomic mass is 28.3. The average Bonchev–Trinajstić information content (AvgIpc) is 1.59. The molecule has 0 bridgehead atoms. The van der Waals surface area contributed by atoms with E-state index < -0.39 is 21.6 Å². The molecule has 10 heteroatoms. The number of aryl methyl sites for hydroxylation is 1. The van der Waals surface area contributed by atoms with Crippen molar-refractivity contribution in [2.75, 3.05) is 19.6 Å². The zero-order chi connectivity index (χ0) is 104. The van der Waals surface area contributed by atoms with E-state index in [4.69, 9.17) is 8.83 Å². The molecule has 0 amide bonds. The Labute approximate surface area is 878 Å². The Morgan fingerprint density at radius 3 is 1.10 bits per heavy atom. The molecule has 0 saturated carbocycles. The largest absolute Gasteiger partial charge is 0.468 e. The highest BCUT2D eigenvalue weighted by Crippen LogP contribution is 2.58. The summed E-state index contributed by atoms with van der Waals surface area (Å²) in [6.07, 6.45) is 4.17. The van der Waals surface area contributed by atoms with Gasteiger partial charge in [0.2, 0.25) is 0 Å². The summed E-state index contributed by atoms with van der Waals surface area (Å²) < 4.78 is 16.0. The van der Waals surface area contributed by atoms with Crippen LogP contribution in [-0.2, 0) is 54.1 Å². The van der Waals surface area contributed by atoms with Crippen molar-refractivity contribution in [3.63, 3.8) is 0 Å². The van der Waals surface area contributed by atoms with Crippen molar-refractivity contribution in [3.05, 3.63) is 376 Å². The van der Waals surface area contributed by atoms with Crippen molar-refractivity contribution in [1.29, 1.82) is 0 Å². The van der Waals surface area contributed by atoms with Gasteiger partial charge < -0.3 is 28.4 Å². The van der Waals surface area contributed by atoms with Crippen molar-refractivity contribution in [3.8, 4) is 22.3 Å². The SMILES string of the molecule is Cc1cc2c3c(c1)N(c1ccc(-c4ccc([Si](c5ccccc5)(c5ccccc5)c5cccc(C6(C)CCC(C)(C)c7cc8c9c(oc8cc76)B6c7cc(C(C)(C)C)ccc7N(c7ccc(C(C)(C)C)cc7-c7ccc([Si](C)(C)C)cc7)c7cc(C(C)(C)C)cc(c76)N9c6ccc(C(C)(C)C)cc6)c5)cc4)cc1)c1c(oc4cc5c(cc14)C(C)(C)CCC5(C)C)B3c1cc(C(C)(C)C)ccc1N2c1ccc(C(C)(C)C)cc1. The highest BCUT2D eigenvalue weighted by molar-refractivity contribution is 7.20. The molecule has 23 rings (SSSR count). The molecule has 147 heavy (non-hydrogen) atoms. The molecule has 6 aliphatic rings. The zero-order valence-electron chi connectivity index (χ0n) is 92.5. The minimum atomic E-state index is -3.22. The van der Waals surface area contributed by atoms with E-state index in [9.17, 15) is 0 Å². The Morgan fingerprint density at radius 1 is 0.279 bits per heavy atom. The first kappa shape index (κ1) is 97.5. The third-order valence-corrected chi connectivity index (χ3v) is 41.9.